The van der Waals surface area contributed by atoms with Gasteiger partial charge in [-0.05, 0) is 31.4 Å². The predicted molar refractivity (Wildman–Crippen MR) is 64.5 cm³/mol. The van der Waals surface area contributed by atoms with E-state index in [1.54, 1.807) is 12.1 Å². The van der Waals surface area contributed by atoms with Crippen LogP contribution in [0.4, 0.5) is 0 Å². The van der Waals surface area contributed by atoms with Crippen LogP contribution in [0.15, 0.2) is 12.1 Å². The molecular formula is C12H16O4S. The smallest absolute Gasteiger partial charge is 0.345 e. The molecule has 17 heavy (non-hydrogen) atoms. The summed E-state index contributed by atoms with van der Waals surface area (Å²) in [4.78, 5) is 12.0. The van der Waals surface area contributed by atoms with E-state index in [9.17, 15) is 4.79 Å². The zero-order chi connectivity index (χ0) is 12.1. The highest BCUT2D eigenvalue weighted by Gasteiger charge is 2.14. The maximum atomic E-state index is 10.7. The zero-order valence-corrected chi connectivity index (χ0v) is 10.4. The number of carbonyl (C=O) groups is 1. The van der Waals surface area contributed by atoms with Crippen molar-refractivity contribution < 1.29 is 19.4 Å². The highest BCUT2D eigenvalue weighted by molar-refractivity contribution is 7.13. The van der Waals surface area contributed by atoms with Gasteiger partial charge in [0.25, 0.3) is 0 Å². The molecule has 1 atom stereocenters. The highest BCUT2D eigenvalue weighted by atomic mass is 32.1. The maximum Gasteiger partial charge on any atom is 0.345 e. The molecule has 2 rings (SSSR count). The van der Waals surface area contributed by atoms with Gasteiger partial charge in [0.15, 0.2) is 0 Å². The van der Waals surface area contributed by atoms with Crippen molar-refractivity contribution >= 4 is 17.3 Å². The molecule has 0 saturated carbocycles. The summed E-state index contributed by atoms with van der Waals surface area (Å²) in [5.74, 6) is -0.878. The van der Waals surface area contributed by atoms with Gasteiger partial charge in [-0.2, -0.15) is 0 Å². The van der Waals surface area contributed by atoms with Crippen LogP contribution in [0.5, 0.6) is 0 Å². The van der Waals surface area contributed by atoms with E-state index in [-0.39, 0.29) is 6.10 Å². The molecule has 1 N–H and O–H groups in total. The normalized spacial score (nSPS) is 20.4. The van der Waals surface area contributed by atoms with E-state index < -0.39 is 5.97 Å². The Hall–Kier alpha value is -0.910. The van der Waals surface area contributed by atoms with Crippen LogP contribution in [0.2, 0.25) is 0 Å². The van der Waals surface area contributed by atoms with E-state index >= 15 is 0 Å². The molecule has 94 valence electrons. The monoisotopic (exact) mass is 256 g/mol. The van der Waals surface area contributed by atoms with Gasteiger partial charge < -0.3 is 14.6 Å². The van der Waals surface area contributed by atoms with Crippen molar-refractivity contribution in [2.24, 2.45) is 0 Å². The number of hydrogen-bond donors (Lipinski definition) is 1. The van der Waals surface area contributed by atoms with Gasteiger partial charge in [-0.25, -0.2) is 4.79 Å². The summed E-state index contributed by atoms with van der Waals surface area (Å²) >= 11 is 1.26. The average Bonchev–Trinajstić information content (AvgIpc) is 2.79. The second-order valence-electron chi connectivity index (χ2n) is 4.07. The third-order valence-corrected chi connectivity index (χ3v) is 3.74. The fourth-order valence-corrected chi connectivity index (χ4v) is 2.58. The van der Waals surface area contributed by atoms with Crippen molar-refractivity contribution in [1.82, 2.24) is 0 Å². The summed E-state index contributed by atoms with van der Waals surface area (Å²) in [6.45, 7) is 1.90. The van der Waals surface area contributed by atoms with E-state index in [1.807, 2.05) is 0 Å². The Labute approximate surface area is 104 Å². The lowest BCUT2D eigenvalue weighted by Crippen LogP contribution is -2.24. The van der Waals surface area contributed by atoms with Gasteiger partial charge in [-0.1, -0.05) is 0 Å². The van der Waals surface area contributed by atoms with Gasteiger partial charge in [-0.15, -0.1) is 11.3 Å². The van der Waals surface area contributed by atoms with Crippen molar-refractivity contribution in [3.63, 3.8) is 0 Å². The van der Waals surface area contributed by atoms with Gasteiger partial charge >= 0.3 is 5.97 Å². The fourth-order valence-electron chi connectivity index (χ4n) is 1.80. The second kappa shape index (κ2) is 6.14. The minimum absolute atomic E-state index is 0.211. The summed E-state index contributed by atoms with van der Waals surface area (Å²) in [7, 11) is 0. The molecule has 1 aromatic heterocycles. The number of rotatable bonds is 5. The van der Waals surface area contributed by atoms with Crippen LogP contribution in [0.1, 0.15) is 33.8 Å². The Morgan fingerprint density at radius 3 is 3.06 bits per heavy atom. The summed E-state index contributed by atoms with van der Waals surface area (Å²) in [6.07, 6.45) is 3.62. The van der Waals surface area contributed by atoms with Gasteiger partial charge in [0.2, 0.25) is 0 Å². The van der Waals surface area contributed by atoms with Crippen LogP contribution in [-0.2, 0) is 16.1 Å². The Kier molecular flexibility index (Phi) is 4.53. The van der Waals surface area contributed by atoms with Crippen LogP contribution in [0, 0.1) is 0 Å². The number of carboxylic acid groups (broad SMARTS) is 1. The molecule has 1 aromatic rings. The summed E-state index contributed by atoms with van der Waals surface area (Å²) in [5.41, 5.74) is 0. The Bertz CT molecular complexity index is 368. The molecule has 1 fully saturated rings. The molecule has 5 heteroatoms. The largest absolute Gasteiger partial charge is 0.477 e. The molecule has 0 aromatic carbocycles. The van der Waals surface area contributed by atoms with Crippen molar-refractivity contribution in [1.29, 1.82) is 0 Å². The van der Waals surface area contributed by atoms with Crippen LogP contribution >= 0.6 is 11.3 Å². The van der Waals surface area contributed by atoms with E-state index in [1.165, 1.54) is 17.8 Å². The zero-order valence-electron chi connectivity index (χ0n) is 9.55. The molecule has 1 saturated heterocycles. The van der Waals surface area contributed by atoms with Crippen molar-refractivity contribution in [2.75, 3.05) is 13.2 Å². The molecule has 1 aliphatic heterocycles. The maximum absolute atomic E-state index is 10.7. The lowest BCUT2D eigenvalue weighted by molar-refractivity contribution is -0.0443. The first-order valence-electron chi connectivity index (χ1n) is 5.77. The lowest BCUT2D eigenvalue weighted by Gasteiger charge is -2.22. The quantitative estimate of drug-likeness (QED) is 0.879. The number of carboxylic acids is 1. The third kappa shape index (κ3) is 3.80. The molecular weight excluding hydrogens is 240 g/mol. The van der Waals surface area contributed by atoms with Crippen LogP contribution in [0.3, 0.4) is 0 Å². The van der Waals surface area contributed by atoms with E-state index in [0.29, 0.717) is 18.1 Å². The van der Waals surface area contributed by atoms with Crippen molar-refractivity contribution in [2.45, 2.75) is 32.0 Å². The Morgan fingerprint density at radius 2 is 2.41 bits per heavy atom. The topological polar surface area (TPSA) is 55.8 Å². The first-order valence-corrected chi connectivity index (χ1v) is 6.58. The number of aromatic carboxylic acids is 1. The van der Waals surface area contributed by atoms with Gasteiger partial charge in [0, 0.05) is 11.5 Å². The highest BCUT2D eigenvalue weighted by Crippen LogP contribution is 2.18. The first kappa shape index (κ1) is 12.5. The van der Waals surface area contributed by atoms with Crippen LogP contribution < -0.4 is 0 Å². The Morgan fingerprint density at radius 1 is 1.53 bits per heavy atom. The number of ether oxygens (including phenoxy) is 2. The van der Waals surface area contributed by atoms with E-state index in [2.05, 4.69) is 0 Å². The van der Waals surface area contributed by atoms with Crippen LogP contribution in [0.25, 0.3) is 0 Å². The van der Waals surface area contributed by atoms with Gasteiger partial charge in [0.05, 0.1) is 19.3 Å². The predicted octanol–water partition coefficient (Wildman–Crippen LogP) is 2.53. The summed E-state index contributed by atoms with van der Waals surface area (Å²) in [6, 6.07) is 3.42. The van der Waals surface area contributed by atoms with Gasteiger partial charge in [0.1, 0.15) is 4.88 Å². The SMILES string of the molecule is O=C(O)c1ccc(COCC2CCCCO2)s1. The third-order valence-electron chi connectivity index (χ3n) is 2.69. The van der Waals surface area contributed by atoms with E-state index in [0.717, 1.165) is 24.3 Å². The van der Waals surface area contributed by atoms with Crippen LogP contribution in [-0.4, -0.2) is 30.4 Å². The number of thiophene rings is 1. The molecule has 0 bridgehead atoms. The Balaban J connectivity index is 1.71. The van der Waals surface area contributed by atoms with Gasteiger partial charge in [-0.3, -0.25) is 0 Å². The minimum atomic E-state index is -0.878. The number of hydrogen-bond acceptors (Lipinski definition) is 4. The fraction of sp³-hybridized carbons (Fsp3) is 0.583. The molecule has 1 unspecified atom stereocenters. The second-order valence-corrected chi connectivity index (χ2v) is 5.24. The molecule has 0 spiro atoms. The summed E-state index contributed by atoms with van der Waals surface area (Å²) < 4.78 is 11.1. The summed E-state index contributed by atoms with van der Waals surface area (Å²) in [5, 5.41) is 8.78. The molecule has 1 aliphatic rings. The molecule has 0 amide bonds. The van der Waals surface area contributed by atoms with E-state index in [4.69, 9.17) is 14.6 Å². The molecule has 0 aliphatic carbocycles. The van der Waals surface area contributed by atoms with Crippen molar-refractivity contribution in [3.05, 3.63) is 21.9 Å². The molecule has 2 heterocycles. The standard InChI is InChI=1S/C12H16O4S/c13-12(14)11-5-4-10(17-11)8-15-7-9-3-1-2-6-16-9/h4-5,9H,1-3,6-8H2,(H,13,14). The lowest BCUT2D eigenvalue weighted by atomic mass is 10.1. The molecule has 0 radical (unpaired) electrons. The average molecular weight is 256 g/mol. The minimum Gasteiger partial charge on any atom is -0.477 e. The molecule has 4 nitrogen and oxygen atoms in total. The first-order chi connectivity index (χ1) is 8.25. The van der Waals surface area contributed by atoms with Crippen molar-refractivity contribution in [3.8, 4) is 0 Å².